The van der Waals surface area contributed by atoms with Crippen molar-refractivity contribution < 1.29 is 4.79 Å². The molecule has 0 spiro atoms. The summed E-state index contributed by atoms with van der Waals surface area (Å²) < 4.78 is 0. The lowest BCUT2D eigenvalue weighted by Crippen LogP contribution is -2.09. The zero-order valence-electron chi connectivity index (χ0n) is 5.63. The molecule has 0 fully saturated rings. The van der Waals surface area contributed by atoms with Crippen LogP contribution in [0.25, 0.3) is 0 Å². The molecule has 3 nitrogen and oxygen atoms in total. The average Bonchev–Trinajstić information content (AvgIpc) is 2.34. The summed E-state index contributed by atoms with van der Waals surface area (Å²) in [7, 11) is 0. The number of rotatable bonds is 2. The highest BCUT2D eigenvalue weighted by Crippen LogP contribution is 2.11. The molecule has 1 aromatic rings. The second kappa shape index (κ2) is 2.79. The molecule has 0 atom stereocenters. The zero-order chi connectivity index (χ0) is 7.56. The Kier molecular flexibility index (Phi) is 2.01. The van der Waals surface area contributed by atoms with Crippen LogP contribution in [-0.4, -0.2) is 10.9 Å². The fourth-order valence-electron chi connectivity index (χ4n) is 0.585. The van der Waals surface area contributed by atoms with E-state index in [-0.39, 0.29) is 0 Å². The van der Waals surface area contributed by atoms with Gasteiger partial charge in [-0.1, -0.05) is 6.92 Å². The first-order valence-electron chi connectivity index (χ1n) is 2.98. The number of nitrogens with zero attached hydrogens (tertiary/aromatic N) is 1. The molecule has 2 N–H and O–H groups in total. The third-order valence-corrected chi connectivity index (χ3v) is 2.27. The lowest BCUT2D eigenvalue weighted by molar-refractivity contribution is 0.1000. The van der Waals surface area contributed by atoms with Gasteiger partial charge in [0.15, 0.2) is 5.01 Å². The minimum Gasteiger partial charge on any atom is -0.364 e. The van der Waals surface area contributed by atoms with Gasteiger partial charge in [0, 0.05) is 11.1 Å². The van der Waals surface area contributed by atoms with Crippen LogP contribution in [0, 0.1) is 0 Å². The summed E-state index contributed by atoms with van der Waals surface area (Å²) >= 11 is 1.36. The van der Waals surface area contributed by atoms with Crippen LogP contribution < -0.4 is 5.73 Å². The van der Waals surface area contributed by atoms with Gasteiger partial charge in [0.1, 0.15) is 0 Å². The zero-order valence-corrected chi connectivity index (χ0v) is 6.44. The number of thiazole rings is 1. The minimum atomic E-state index is -0.440. The predicted octanol–water partition coefficient (Wildman–Crippen LogP) is 0.804. The van der Waals surface area contributed by atoms with Gasteiger partial charge in [-0.2, -0.15) is 0 Å². The van der Waals surface area contributed by atoms with Crippen LogP contribution in [0.3, 0.4) is 0 Å². The summed E-state index contributed by atoms with van der Waals surface area (Å²) in [4.78, 5) is 15.4. The molecule has 0 radical (unpaired) electrons. The molecule has 54 valence electrons. The summed E-state index contributed by atoms with van der Waals surface area (Å²) in [6, 6.07) is 0. The molecular weight excluding hydrogens is 148 g/mol. The maximum Gasteiger partial charge on any atom is 0.277 e. The highest BCUT2D eigenvalue weighted by Gasteiger charge is 2.04. The van der Waals surface area contributed by atoms with Crippen LogP contribution in [0.1, 0.15) is 21.6 Å². The lowest BCUT2D eigenvalue weighted by atomic mass is 10.4. The van der Waals surface area contributed by atoms with Crippen molar-refractivity contribution >= 4 is 17.2 Å². The molecule has 1 amide bonds. The molecule has 0 aliphatic rings. The smallest absolute Gasteiger partial charge is 0.277 e. The Labute approximate surface area is 62.9 Å². The summed E-state index contributed by atoms with van der Waals surface area (Å²) in [5, 5.41) is 0.400. The second-order valence-electron chi connectivity index (χ2n) is 1.85. The molecule has 1 rings (SSSR count). The monoisotopic (exact) mass is 156 g/mol. The van der Waals surface area contributed by atoms with E-state index in [1.165, 1.54) is 11.3 Å². The maximum atomic E-state index is 10.5. The van der Waals surface area contributed by atoms with E-state index in [4.69, 9.17) is 5.73 Å². The number of primary amides is 1. The van der Waals surface area contributed by atoms with Crippen molar-refractivity contribution in [3.8, 4) is 0 Å². The van der Waals surface area contributed by atoms with Gasteiger partial charge in [-0.15, -0.1) is 11.3 Å². The maximum absolute atomic E-state index is 10.5. The van der Waals surface area contributed by atoms with Gasteiger partial charge in [0.2, 0.25) is 0 Å². The van der Waals surface area contributed by atoms with Gasteiger partial charge < -0.3 is 5.73 Å². The van der Waals surface area contributed by atoms with Crippen LogP contribution in [0.15, 0.2) is 6.20 Å². The van der Waals surface area contributed by atoms with Crippen molar-refractivity contribution in [2.45, 2.75) is 13.3 Å². The van der Waals surface area contributed by atoms with E-state index < -0.39 is 5.91 Å². The first kappa shape index (κ1) is 7.21. The number of hydrogen-bond acceptors (Lipinski definition) is 3. The normalized spacial score (nSPS) is 9.70. The van der Waals surface area contributed by atoms with E-state index >= 15 is 0 Å². The standard InChI is InChI=1S/C6H8N2OS/c1-2-4-3-8-6(10-4)5(7)9/h3H,2H2,1H3,(H2,7,9). The molecular formula is C6H8N2OS. The van der Waals surface area contributed by atoms with Gasteiger partial charge in [-0.05, 0) is 6.42 Å². The third kappa shape index (κ3) is 1.33. The number of nitrogens with two attached hydrogens (primary N) is 1. The number of aromatic nitrogens is 1. The molecule has 1 heterocycles. The van der Waals surface area contributed by atoms with Crippen LogP contribution in [0.5, 0.6) is 0 Å². The number of aryl methyl sites for hydroxylation is 1. The van der Waals surface area contributed by atoms with Crippen molar-refractivity contribution in [2.24, 2.45) is 5.73 Å². The van der Waals surface area contributed by atoms with E-state index in [2.05, 4.69) is 4.98 Å². The van der Waals surface area contributed by atoms with Crippen molar-refractivity contribution in [1.29, 1.82) is 0 Å². The van der Waals surface area contributed by atoms with E-state index in [0.29, 0.717) is 5.01 Å². The lowest BCUT2D eigenvalue weighted by Gasteiger charge is -1.82. The summed E-state index contributed by atoms with van der Waals surface area (Å²) in [6.45, 7) is 2.01. The third-order valence-electron chi connectivity index (χ3n) is 1.11. The molecule has 0 aromatic carbocycles. The van der Waals surface area contributed by atoms with Crippen molar-refractivity contribution in [3.63, 3.8) is 0 Å². The summed E-state index contributed by atoms with van der Waals surface area (Å²) in [5.41, 5.74) is 4.99. The van der Waals surface area contributed by atoms with Gasteiger partial charge in [0.05, 0.1) is 0 Å². The molecule has 4 heteroatoms. The molecule has 10 heavy (non-hydrogen) atoms. The van der Waals surface area contributed by atoms with Gasteiger partial charge in [-0.25, -0.2) is 4.98 Å². The highest BCUT2D eigenvalue weighted by molar-refractivity contribution is 7.13. The molecule has 0 bridgehead atoms. The van der Waals surface area contributed by atoms with Crippen molar-refractivity contribution in [3.05, 3.63) is 16.1 Å². The quantitative estimate of drug-likeness (QED) is 0.688. The van der Waals surface area contributed by atoms with Gasteiger partial charge in [0.25, 0.3) is 5.91 Å². The van der Waals surface area contributed by atoms with Crippen molar-refractivity contribution in [1.82, 2.24) is 4.98 Å². The first-order chi connectivity index (χ1) is 4.74. The molecule has 1 aromatic heterocycles. The Hall–Kier alpha value is -0.900. The Bertz CT molecular complexity index is 244. The SMILES string of the molecule is CCc1cnc(C(N)=O)s1. The number of hydrogen-bond donors (Lipinski definition) is 1. The Morgan fingerprint density at radius 3 is 2.90 bits per heavy atom. The van der Waals surface area contributed by atoms with Crippen molar-refractivity contribution in [2.75, 3.05) is 0 Å². The second-order valence-corrected chi connectivity index (χ2v) is 2.96. The predicted molar refractivity (Wildman–Crippen MR) is 40.0 cm³/mol. The van der Waals surface area contributed by atoms with E-state index in [1.807, 2.05) is 6.92 Å². The van der Waals surface area contributed by atoms with E-state index in [9.17, 15) is 4.79 Å². The molecule has 0 aliphatic heterocycles. The minimum absolute atomic E-state index is 0.400. The molecule has 0 saturated heterocycles. The van der Waals surface area contributed by atoms with Gasteiger partial charge in [-0.3, -0.25) is 4.79 Å². The Balaban J connectivity index is 2.88. The Morgan fingerprint density at radius 1 is 1.90 bits per heavy atom. The average molecular weight is 156 g/mol. The molecule has 0 aliphatic carbocycles. The van der Waals surface area contributed by atoms with Crippen LogP contribution in [0.2, 0.25) is 0 Å². The largest absolute Gasteiger partial charge is 0.364 e. The van der Waals surface area contributed by atoms with E-state index in [1.54, 1.807) is 6.20 Å². The first-order valence-corrected chi connectivity index (χ1v) is 3.80. The van der Waals surface area contributed by atoms with Gasteiger partial charge >= 0.3 is 0 Å². The summed E-state index contributed by atoms with van der Waals surface area (Å²) in [5.74, 6) is -0.440. The molecule has 0 saturated carbocycles. The van der Waals surface area contributed by atoms with E-state index in [0.717, 1.165) is 11.3 Å². The topological polar surface area (TPSA) is 56.0 Å². The van der Waals surface area contributed by atoms with Crippen LogP contribution in [0.4, 0.5) is 0 Å². The fraction of sp³-hybridized carbons (Fsp3) is 0.333. The number of carbonyl (C=O) groups excluding carboxylic acids is 1. The van der Waals surface area contributed by atoms with Crippen LogP contribution in [-0.2, 0) is 6.42 Å². The molecule has 0 unspecified atom stereocenters. The fourth-order valence-corrected chi connectivity index (χ4v) is 1.29. The Morgan fingerprint density at radius 2 is 2.60 bits per heavy atom. The number of amides is 1. The van der Waals surface area contributed by atoms with Crippen LogP contribution >= 0.6 is 11.3 Å². The number of carbonyl (C=O) groups is 1. The summed E-state index contributed by atoms with van der Waals surface area (Å²) in [6.07, 6.45) is 2.59. The highest BCUT2D eigenvalue weighted by atomic mass is 32.1.